The Kier molecular flexibility index (Phi) is 0.231. The first kappa shape index (κ1) is 3.24. The van der Waals surface area contributed by atoms with Crippen LogP contribution in [0.1, 0.15) is 19.3 Å². The zero-order valence-corrected chi connectivity index (χ0v) is 4.93. The van der Waals surface area contributed by atoms with Crippen molar-refractivity contribution in [3.05, 3.63) is 0 Å². The van der Waals surface area contributed by atoms with Crippen LogP contribution in [0.25, 0.3) is 0 Å². The Labute approximate surface area is 49.3 Å². The lowest BCUT2D eigenvalue weighted by Crippen LogP contribution is -1.92. The Morgan fingerprint density at radius 1 is 1.25 bits per heavy atom. The van der Waals surface area contributed by atoms with E-state index in [0.717, 1.165) is 5.41 Å². The second-order valence-corrected chi connectivity index (χ2v) is 4.43. The molecule has 4 aliphatic rings. The monoisotopic (exact) mass is 106 g/mol. The number of hydrogen-bond donors (Lipinski definition) is 0. The summed E-state index contributed by atoms with van der Waals surface area (Å²) < 4.78 is 0. The van der Waals surface area contributed by atoms with E-state index in [2.05, 4.69) is 0 Å². The van der Waals surface area contributed by atoms with Gasteiger partial charge in [0.05, 0.1) is 0 Å². The Balaban J connectivity index is 1.93. The predicted octanol–water partition coefficient (Wildman–Crippen LogP) is 1.66. The highest BCUT2D eigenvalue weighted by Gasteiger charge is 2.87. The molecule has 0 bridgehead atoms. The molecule has 0 amide bonds. The van der Waals surface area contributed by atoms with E-state index in [9.17, 15) is 0 Å². The fourth-order valence-electron chi connectivity index (χ4n) is 3.59. The molecule has 1 spiro atoms. The number of hydrogen-bond acceptors (Lipinski definition) is 0. The Morgan fingerprint density at radius 3 is 2.75 bits per heavy atom. The van der Waals surface area contributed by atoms with Gasteiger partial charge in [0.1, 0.15) is 0 Å². The van der Waals surface area contributed by atoms with E-state index in [1.165, 1.54) is 23.7 Å². The molecule has 4 rings (SSSR count). The summed E-state index contributed by atoms with van der Waals surface area (Å²) in [6, 6.07) is 0. The van der Waals surface area contributed by atoms with Gasteiger partial charge in [-0.05, 0) is 48.3 Å². The summed E-state index contributed by atoms with van der Waals surface area (Å²) >= 11 is 0. The van der Waals surface area contributed by atoms with Crippen molar-refractivity contribution < 1.29 is 0 Å². The molecule has 0 heterocycles. The van der Waals surface area contributed by atoms with Crippen LogP contribution in [0, 0.1) is 29.1 Å². The van der Waals surface area contributed by atoms with Crippen LogP contribution in [-0.4, -0.2) is 0 Å². The summed E-state index contributed by atoms with van der Waals surface area (Å²) in [6.07, 6.45) is 4.93. The number of rotatable bonds is 0. The molecule has 4 aliphatic carbocycles. The van der Waals surface area contributed by atoms with Crippen molar-refractivity contribution in [1.82, 2.24) is 0 Å². The highest BCUT2D eigenvalue weighted by molar-refractivity contribution is 5.35. The van der Waals surface area contributed by atoms with Gasteiger partial charge in [-0.3, -0.25) is 0 Å². The van der Waals surface area contributed by atoms with Crippen molar-refractivity contribution in [3.63, 3.8) is 0 Å². The predicted molar refractivity (Wildman–Crippen MR) is 30.2 cm³/mol. The highest BCUT2D eigenvalue weighted by Crippen LogP contribution is 2.93. The molecule has 0 N–H and O–H groups in total. The van der Waals surface area contributed by atoms with E-state index < -0.39 is 0 Å². The molecule has 0 aromatic carbocycles. The van der Waals surface area contributed by atoms with E-state index in [1.54, 1.807) is 19.3 Å². The van der Waals surface area contributed by atoms with Crippen LogP contribution in [0.5, 0.6) is 0 Å². The van der Waals surface area contributed by atoms with Crippen molar-refractivity contribution in [1.29, 1.82) is 0 Å². The first-order valence-corrected chi connectivity index (χ1v) is 3.92. The van der Waals surface area contributed by atoms with Crippen LogP contribution in [0.15, 0.2) is 0 Å². The summed E-state index contributed by atoms with van der Waals surface area (Å²) in [4.78, 5) is 0. The first-order chi connectivity index (χ1) is 3.92. The molecule has 42 valence electrons. The lowest BCUT2D eigenvalue weighted by atomic mass is 10.0. The molecule has 5 atom stereocenters. The lowest BCUT2D eigenvalue weighted by Gasteiger charge is -1.99. The summed E-state index contributed by atoms with van der Waals surface area (Å²) in [6.45, 7) is 0. The fraction of sp³-hybridized carbons (Fsp3) is 1.00. The molecule has 4 saturated carbocycles. The molecular weight excluding hydrogens is 96.1 g/mol. The molecule has 0 heteroatoms. The molecule has 0 nitrogen and oxygen atoms in total. The maximum atomic E-state index is 1.66. The SMILES string of the molecule is C1C2CC34CC3C4C12. The summed E-state index contributed by atoms with van der Waals surface area (Å²) in [5.74, 6) is 5.10. The molecule has 0 aromatic rings. The minimum Gasteiger partial charge on any atom is -0.0467 e. The van der Waals surface area contributed by atoms with Crippen LogP contribution in [0.2, 0.25) is 0 Å². The molecule has 4 fully saturated rings. The normalized spacial score (nSPS) is 87.0. The third-order valence-corrected chi connectivity index (χ3v) is 4.25. The van der Waals surface area contributed by atoms with Gasteiger partial charge in [0, 0.05) is 0 Å². The van der Waals surface area contributed by atoms with Crippen LogP contribution < -0.4 is 0 Å². The van der Waals surface area contributed by atoms with Gasteiger partial charge in [-0.1, -0.05) is 0 Å². The van der Waals surface area contributed by atoms with Crippen LogP contribution in [0.3, 0.4) is 0 Å². The maximum absolute atomic E-state index is 1.66. The molecule has 5 unspecified atom stereocenters. The van der Waals surface area contributed by atoms with E-state index >= 15 is 0 Å². The second-order valence-electron chi connectivity index (χ2n) is 4.43. The third kappa shape index (κ3) is 0.146. The second kappa shape index (κ2) is 0.571. The summed E-state index contributed by atoms with van der Waals surface area (Å²) in [5.41, 5.74) is 1.05. The molecule has 8 heavy (non-hydrogen) atoms. The van der Waals surface area contributed by atoms with E-state index in [4.69, 9.17) is 0 Å². The third-order valence-electron chi connectivity index (χ3n) is 4.25. The minimum atomic E-state index is 1.05. The molecule has 0 radical (unpaired) electrons. The van der Waals surface area contributed by atoms with E-state index in [-0.39, 0.29) is 0 Å². The van der Waals surface area contributed by atoms with Crippen molar-refractivity contribution in [3.8, 4) is 0 Å². The van der Waals surface area contributed by atoms with Gasteiger partial charge in [-0.2, -0.15) is 0 Å². The average molecular weight is 106 g/mol. The number of fused-ring (bicyclic) bond motifs is 3. The van der Waals surface area contributed by atoms with Crippen LogP contribution in [0.4, 0.5) is 0 Å². The van der Waals surface area contributed by atoms with Gasteiger partial charge in [0.25, 0.3) is 0 Å². The summed E-state index contributed by atoms with van der Waals surface area (Å²) in [7, 11) is 0. The maximum Gasteiger partial charge on any atom is -0.0226 e. The van der Waals surface area contributed by atoms with Gasteiger partial charge in [0.2, 0.25) is 0 Å². The quantitative estimate of drug-likeness (QED) is 0.440. The molecule has 0 aliphatic heterocycles. The largest absolute Gasteiger partial charge is 0.0467 e. The van der Waals surface area contributed by atoms with Crippen LogP contribution >= 0.6 is 0 Å². The topological polar surface area (TPSA) is 0 Å². The first-order valence-electron chi connectivity index (χ1n) is 3.92. The lowest BCUT2D eigenvalue weighted by molar-refractivity contribution is 0.491. The van der Waals surface area contributed by atoms with Crippen molar-refractivity contribution in [2.75, 3.05) is 0 Å². The zero-order valence-electron chi connectivity index (χ0n) is 4.93. The minimum absolute atomic E-state index is 1.05. The Morgan fingerprint density at radius 2 is 2.25 bits per heavy atom. The average Bonchev–Trinajstić information content (AvgIpc) is 2.49. The smallest absolute Gasteiger partial charge is 0.0226 e. The molecular formula is C8H10. The van der Waals surface area contributed by atoms with Crippen molar-refractivity contribution in [2.24, 2.45) is 29.1 Å². The summed E-state index contributed by atoms with van der Waals surface area (Å²) in [5, 5.41) is 0. The van der Waals surface area contributed by atoms with E-state index in [0.29, 0.717) is 0 Å². The Bertz CT molecular complexity index is 184. The van der Waals surface area contributed by atoms with Gasteiger partial charge in [-0.25, -0.2) is 0 Å². The molecule has 0 aromatic heterocycles. The van der Waals surface area contributed by atoms with Gasteiger partial charge < -0.3 is 0 Å². The fourth-order valence-corrected chi connectivity index (χ4v) is 3.59. The van der Waals surface area contributed by atoms with Gasteiger partial charge in [0.15, 0.2) is 0 Å². The van der Waals surface area contributed by atoms with Gasteiger partial charge in [-0.15, -0.1) is 0 Å². The van der Waals surface area contributed by atoms with Crippen molar-refractivity contribution >= 4 is 0 Å². The van der Waals surface area contributed by atoms with Crippen molar-refractivity contribution in [2.45, 2.75) is 19.3 Å². The van der Waals surface area contributed by atoms with Crippen LogP contribution in [-0.2, 0) is 0 Å². The van der Waals surface area contributed by atoms with Gasteiger partial charge >= 0.3 is 0 Å². The molecule has 0 saturated heterocycles. The standard InChI is InChI=1S/C8H10/c1-4-2-8-3-6(8)7(8)5(1)4/h4-7H,1-3H2. The zero-order chi connectivity index (χ0) is 4.93. The highest BCUT2D eigenvalue weighted by atomic mass is 14.9. The Hall–Kier alpha value is 0. The van der Waals surface area contributed by atoms with E-state index in [1.807, 2.05) is 0 Å².